The Morgan fingerprint density at radius 3 is 2.00 bits per heavy atom. The first-order valence-corrected chi connectivity index (χ1v) is 10.6. The topological polar surface area (TPSA) is 182 Å². The maximum Gasteiger partial charge on any atom is 0.344 e. The molecule has 38 heavy (non-hydrogen) atoms. The second-order valence-corrected chi connectivity index (χ2v) is 7.26. The molecule has 0 unspecified atom stereocenters. The molecule has 0 saturated carbocycles. The number of nitrogens with zero attached hydrogens (tertiary/aromatic N) is 3. The monoisotopic (exact) mass is 524 g/mol. The van der Waals surface area contributed by atoms with Gasteiger partial charge < -0.3 is 18.9 Å². The van der Waals surface area contributed by atoms with Crippen molar-refractivity contribution < 1.29 is 38.4 Å². The summed E-state index contributed by atoms with van der Waals surface area (Å²) in [5, 5.41) is 26.1. The summed E-state index contributed by atoms with van der Waals surface area (Å²) in [4.78, 5) is 46.3. The van der Waals surface area contributed by atoms with E-state index in [9.17, 15) is 29.8 Å². The minimum Gasteiger partial charge on any atom is -0.493 e. The number of rotatable bonds is 10. The van der Waals surface area contributed by atoms with Gasteiger partial charge in [-0.15, -0.1) is 0 Å². The number of amides is 1. The number of esters is 1. The second kappa shape index (κ2) is 11.9. The fourth-order valence-electron chi connectivity index (χ4n) is 3.21. The van der Waals surface area contributed by atoms with Crippen LogP contribution in [0.15, 0.2) is 59.7 Å². The summed E-state index contributed by atoms with van der Waals surface area (Å²) in [6.07, 6.45) is 1.05. The number of hydrogen-bond acceptors (Lipinski definition) is 11. The van der Waals surface area contributed by atoms with Gasteiger partial charge in [0, 0.05) is 29.3 Å². The molecule has 0 fully saturated rings. The van der Waals surface area contributed by atoms with Crippen molar-refractivity contribution in [2.75, 3.05) is 21.3 Å². The molecule has 3 aromatic rings. The zero-order chi connectivity index (χ0) is 27.8. The van der Waals surface area contributed by atoms with E-state index >= 15 is 0 Å². The number of nitrogens with one attached hydrogen (secondary N) is 1. The third-order valence-electron chi connectivity index (χ3n) is 5.03. The number of benzene rings is 3. The molecule has 3 aromatic carbocycles. The average Bonchev–Trinajstić information content (AvgIpc) is 2.92. The average molecular weight is 524 g/mol. The SMILES string of the molecule is COc1cc(C(=O)Oc2c(/C=N/NC(=O)c3ccc([N+](=O)[O-])cc3)cccc2[N+](=O)[O-])cc(OC)c1OC. The van der Waals surface area contributed by atoms with Crippen LogP contribution in [0.25, 0.3) is 0 Å². The van der Waals surface area contributed by atoms with Gasteiger partial charge in [0.1, 0.15) is 0 Å². The molecule has 3 rings (SSSR count). The van der Waals surface area contributed by atoms with E-state index in [4.69, 9.17) is 18.9 Å². The number of hydrazone groups is 1. The minimum absolute atomic E-state index is 0.00370. The minimum atomic E-state index is -0.969. The van der Waals surface area contributed by atoms with E-state index in [0.717, 1.165) is 24.4 Å². The molecule has 0 aliphatic heterocycles. The lowest BCUT2D eigenvalue weighted by Crippen LogP contribution is -2.18. The fourth-order valence-corrected chi connectivity index (χ4v) is 3.21. The smallest absolute Gasteiger partial charge is 0.344 e. The number of carbonyl (C=O) groups is 2. The normalized spacial score (nSPS) is 10.5. The quantitative estimate of drug-likeness (QED) is 0.135. The Balaban J connectivity index is 1.88. The predicted octanol–water partition coefficient (Wildman–Crippen LogP) is 3.51. The molecule has 0 atom stereocenters. The Morgan fingerprint density at radius 2 is 1.47 bits per heavy atom. The van der Waals surface area contributed by atoms with Crippen LogP contribution in [0.1, 0.15) is 26.3 Å². The molecular weight excluding hydrogens is 504 g/mol. The molecule has 0 aliphatic carbocycles. The van der Waals surface area contributed by atoms with Gasteiger partial charge in [0.25, 0.3) is 11.6 Å². The summed E-state index contributed by atoms with van der Waals surface area (Å²) in [6.45, 7) is 0. The summed E-state index contributed by atoms with van der Waals surface area (Å²) < 4.78 is 21.0. The van der Waals surface area contributed by atoms with E-state index in [-0.39, 0.29) is 39.6 Å². The third-order valence-corrected chi connectivity index (χ3v) is 5.03. The Labute approximate surface area is 214 Å². The van der Waals surface area contributed by atoms with Crippen LogP contribution < -0.4 is 24.4 Å². The Morgan fingerprint density at radius 1 is 0.842 bits per heavy atom. The van der Waals surface area contributed by atoms with Crippen molar-refractivity contribution in [1.29, 1.82) is 0 Å². The summed E-state index contributed by atoms with van der Waals surface area (Å²) >= 11 is 0. The van der Waals surface area contributed by atoms with Gasteiger partial charge in [-0.25, -0.2) is 10.2 Å². The molecule has 0 aliphatic rings. The lowest BCUT2D eigenvalue weighted by Gasteiger charge is -2.14. The first kappa shape index (κ1) is 27.1. The summed E-state index contributed by atoms with van der Waals surface area (Å²) in [6, 6.07) is 11.3. The summed E-state index contributed by atoms with van der Waals surface area (Å²) in [5.74, 6) is -1.53. The van der Waals surface area contributed by atoms with Gasteiger partial charge in [0.05, 0.1) is 43.0 Å². The molecule has 0 saturated heterocycles. The number of nitro groups is 2. The standard InChI is InChI=1S/C24H20N4O10/c1-35-19-11-16(12-20(36-2)22(19)37-3)24(30)38-21-15(5-4-6-18(21)28(33)34)13-25-26-23(29)14-7-9-17(10-8-14)27(31)32/h4-13H,1-3H3,(H,26,29)/b25-13+. The highest BCUT2D eigenvalue weighted by Crippen LogP contribution is 2.39. The zero-order valence-electron chi connectivity index (χ0n) is 20.2. The van der Waals surface area contributed by atoms with Gasteiger partial charge in [-0.1, -0.05) is 6.07 Å². The molecule has 14 heteroatoms. The lowest BCUT2D eigenvalue weighted by atomic mass is 10.1. The van der Waals surface area contributed by atoms with Gasteiger partial charge >= 0.3 is 11.7 Å². The van der Waals surface area contributed by atoms with E-state index in [1.54, 1.807) is 0 Å². The molecule has 0 spiro atoms. The molecule has 0 radical (unpaired) electrons. The van der Waals surface area contributed by atoms with Crippen LogP contribution in [0.5, 0.6) is 23.0 Å². The Bertz CT molecular complexity index is 1400. The molecule has 0 aromatic heterocycles. The van der Waals surface area contributed by atoms with Crippen LogP contribution in [0.2, 0.25) is 0 Å². The van der Waals surface area contributed by atoms with Crippen molar-refractivity contribution in [2.24, 2.45) is 5.10 Å². The van der Waals surface area contributed by atoms with Gasteiger partial charge in [0.2, 0.25) is 11.5 Å². The van der Waals surface area contributed by atoms with Crippen molar-refractivity contribution >= 4 is 29.5 Å². The molecule has 1 N–H and O–H groups in total. The van der Waals surface area contributed by atoms with Crippen LogP contribution >= 0.6 is 0 Å². The molecule has 196 valence electrons. The number of nitro benzene ring substituents is 2. The van der Waals surface area contributed by atoms with Crippen LogP contribution in [-0.4, -0.2) is 49.3 Å². The number of methoxy groups -OCH3 is 3. The van der Waals surface area contributed by atoms with Crippen molar-refractivity contribution in [1.82, 2.24) is 5.43 Å². The van der Waals surface area contributed by atoms with Crippen molar-refractivity contribution in [3.05, 3.63) is 91.5 Å². The van der Waals surface area contributed by atoms with Crippen LogP contribution in [0, 0.1) is 20.2 Å². The first-order valence-electron chi connectivity index (χ1n) is 10.6. The van der Waals surface area contributed by atoms with Crippen LogP contribution in [0.4, 0.5) is 11.4 Å². The van der Waals surface area contributed by atoms with Crippen molar-refractivity contribution in [3.63, 3.8) is 0 Å². The van der Waals surface area contributed by atoms with Crippen molar-refractivity contribution in [3.8, 4) is 23.0 Å². The number of non-ortho nitro benzene ring substituents is 1. The summed E-state index contributed by atoms with van der Waals surface area (Å²) in [7, 11) is 4.10. The zero-order valence-corrected chi connectivity index (χ0v) is 20.2. The van der Waals surface area contributed by atoms with Gasteiger partial charge in [-0.3, -0.25) is 25.0 Å². The van der Waals surface area contributed by atoms with Gasteiger partial charge in [-0.2, -0.15) is 5.10 Å². The first-order chi connectivity index (χ1) is 18.2. The number of ether oxygens (including phenoxy) is 4. The van der Waals surface area contributed by atoms with Gasteiger partial charge in [0.15, 0.2) is 11.5 Å². The third kappa shape index (κ3) is 5.99. The van der Waals surface area contributed by atoms with E-state index in [0.29, 0.717) is 0 Å². The maximum atomic E-state index is 13.0. The number of para-hydroxylation sites is 1. The van der Waals surface area contributed by atoms with E-state index < -0.39 is 33.2 Å². The molecule has 14 nitrogen and oxygen atoms in total. The fraction of sp³-hybridized carbons (Fsp3) is 0.125. The Hall–Kier alpha value is -5.53. The van der Waals surface area contributed by atoms with E-state index in [2.05, 4.69) is 10.5 Å². The predicted molar refractivity (Wildman–Crippen MR) is 132 cm³/mol. The lowest BCUT2D eigenvalue weighted by molar-refractivity contribution is -0.385. The molecule has 0 bridgehead atoms. The Kier molecular flexibility index (Phi) is 8.50. The largest absolute Gasteiger partial charge is 0.493 e. The highest BCUT2D eigenvalue weighted by atomic mass is 16.6. The van der Waals surface area contributed by atoms with Crippen LogP contribution in [0.3, 0.4) is 0 Å². The van der Waals surface area contributed by atoms with Crippen molar-refractivity contribution in [2.45, 2.75) is 0 Å². The van der Waals surface area contributed by atoms with E-state index in [1.807, 2.05) is 0 Å². The van der Waals surface area contributed by atoms with Gasteiger partial charge in [-0.05, 0) is 30.3 Å². The molecule has 0 heterocycles. The molecule has 1 amide bonds. The highest BCUT2D eigenvalue weighted by Gasteiger charge is 2.24. The highest BCUT2D eigenvalue weighted by molar-refractivity contribution is 5.97. The molecular formula is C24H20N4O10. The number of hydrogen-bond donors (Lipinski definition) is 1. The maximum absolute atomic E-state index is 13.0. The second-order valence-electron chi connectivity index (χ2n) is 7.26. The van der Waals surface area contributed by atoms with Crippen LogP contribution in [-0.2, 0) is 0 Å². The summed E-state index contributed by atoms with van der Waals surface area (Å²) in [5.41, 5.74) is 1.52. The van der Waals surface area contributed by atoms with E-state index in [1.165, 1.54) is 57.7 Å². The number of carbonyl (C=O) groups excluding carboxylic acids is 2.